The molecule has 1 atom stereocenters. The number of hydrogen-bond acceptors (Lipinski definition) is 4. The summed E-state index contributed by atoms with van der Waals surface area (Å²) >= 11 is 0. The standard InChI is InChI=1S/C15H23N3O/c1-4-18(5-2)11-10-14-16-17-15(19-14)13-8-6-12(3)7-9-13/h6-9,15,17H,4-5,10-11H2,1-3H3. The molecule has 4 nitrogen and oxygen atoms in total. The molecule has 1 N–H and O–H groups in total. The number of hydrogen-bond donors (Lipinski definition) is 1. The molecule has 1 aromatic rings. The second kappa shape index (κ2) is 6.57. The van der Waals surface area contributed by atoms with Crippen LogP contribution in [0.15, 0.2) is 29.4 Å². The van der Waals surface area contributed by atoms with Crippen molar-refractivity contribution >= 4 is 5.90 Å². The summed E-state index contributed by atoms with van der Waals surface area (Å²) in [6.45, 7) is 9.56. The van der Waals surface area contributed by atoms with Crippen molar-refractivity contribution in [2.24, 2.45) is 5.10 Å². The molecule has 0 amide bonds. The van der Waals surface area contributed by atoms with Gasteiger partial charge in [0, 0.05) is 18.5 Å². The highest BCUT2D eigenvalue weighted by molar-refractivity contribution is 5.77. The highest BCUT2D eigenvalue weighted by Crippen LogP contribution is 2.20. The zero-order valence-corrected chi connectivity index (χ0v) is 12.0. The summed E-state index contributed by atoms with van der Waals surface area (Å²) < 4.78 is 5.84. The van der Waals surface area contributed by atoms with Gasteiger partial charge in [-0.05, 0) is 20.0 Å². The molecule has 0 saturated carbocycles. The van der Waals surface area contributed by atoms with Gasteiger partial charge in [0.2, 0.25) is 12.1 Å². The number of nitrogens with zero attached hydrogens (tertiary/aromatic N) is 2. The number of aryl methyl sites for hydroxylation is 1. The summed E-state index contributed by atoms with van der Waals surface area (Å²) in [6, 6.07) is 8.34. The van der Waals surface area contributed by atoms with Crippen LogP contribution in [0, 0.1) is 6.92 Å². The zero-order chi connectivity index (χ0) is 13.7. The first kappa shape index (κ1) is 13.9. The Bertz CT molecular complexity index is 424. The van der Waals surface area contributed by atoms with Crippen molar-refractivity contribution in [3.8, 4) is 0 Å². The highest BCUT2D eigenvalue weighted by Gasteiger charge is 2.20. The van der Waals surface area contributed by atoms with E-state index < -0.39 is 0 Å². The molecule has 0 fully saturated rings. The van der Waals surface area contributed by atoms with E-state index in [9.17, 15) is 0 Å². The normalized spacial score (nSPS) is 18.1. The predicted octanol–water partition coefficient (Wildman–Crippen LogP) is 2.66. The molecule has 1 aliphatic heterocycles. The van der Waals surface area contributed by atoms with E-state index >= 15 is 0 Å². The summed E-state index contributed by atoms with van der Waals surface area (Å²) in [7, 11) is 0. The molecule has 0 bridgehead atoms. The molecule has 1 aromatic carbocycles. The van der Waals surface area contributed by atoms with Crippen LogP contribution in [-0.2, 0) is 4.74 Å². The predicted molar refractivity (Wildman–Crippen MR) is 78.0 cm³/mol. The second-order valence-electron chi connectivity index (χ2n) is 4.82. The fraction of sp³-hybridized carbons (Fsp3) is 0.533. The molecule has 0 aliphatic carbocycles. The van der Waals surface area contributed by atoms with Crippen LogP contribution in [0.3, 0.4) is 0 Å². The van der Waals surface area contributed by atoms with E-state index in [2.05, 4.69) is 60.5 Å². The quantitative estimate of drug-likeness (QED) is 0.855. The van der Waals surface area contributed by atoms with E-state index in [4.69, 9.17) is 4.74 Å². The first-order valence-electron chi connectivity index (χ1n) is 7.00. The smallest absolute Gasteiger partial charge is 0.212 e. The molecule has 1 unspecified atom stereocenters. The van der Waals surface area contributed by atoms with Gasteiger partial charge in [0.25, 0.3) is 0 Å². The van der Waals surface area contributed by atoms with Crippen LogP contribution in [0.2, 0.25) is 0 Å². The molecule has 1 heterocycles. The fourth-order valence-corrected chi connectivity index (χ4v) is 2.11. The first-order valence-corrected chi connectivity index (χ1v) is 7.00. The molecule has 0 aromatic heterocycles. The van der Waals surface area contributed by atoms with Crippen LogP contribution in [0.5, 0.6) is 0 Å². The Morgan fingerprint density at radius 1 is 1.21 bits per heavy atom. The van der Waals surface area contributed by atoms with Crippen molar-refractivity contribution in [3.63, 3.8) is 0 Å². The minimum absolute atomic E-state index is 0.132. The molecule has 104 valence electrons. The first-order chi connectivity index (χ1) is 9.22. The van der Waals surface area contributed by atoms with Gasteiger partial charge in [0.1, 0.15) is 0 Å². The minimum Gasteiger partial charge on any atom is -0.450 e. The highest BCUT2D eigenvalue weighted by atomic mass is 16.5. The lowest BCUT2D eigenvalue weighted by atomic mass is 10.1. The lowest BCUT2D eigenvalue weighted by Gasteiger charge is -2.17. The van der Waals surface area contributed by atoms with E-state index in [0.717, 1.165) is 37.5 Å². The number of rotatable bonds is 6. The second-order valence-corrected chi connectivity index (χ2v) is 4.82. The van der Waals surface area contributed by atoms with Gasteiger partial charge < -0.3 is 9.64 Å². The SMILES string of the molecule is CCN(CC)CCC1=NNC(c2ccc(C)cc2)O1. The lowest BCUT2D eigenvalue weighted by molar-refractivity contribution is 0.183. The molecule has 0 saturated heterocycles. The molecule has 0 spiro atoms. The van der Waals surface area contributed by atoms with E-state index in [-0.39, 0.29) is 6.23 Å². The van der Waals surface area contributed by atoms with E-state index in [1.165, 1.54) is 5.56 Å². The maximum Gasteiger partial charge on any atom is 0.212 e. The van der Waals surface area contributed by atoms with Crippen LogP contribution in [0.4, 0.5) is 0 Å². The molecule has 19 heavy (non-hydrogen) atoms. The number of nitrogens with one attached hydrogen (secondary N) is 1. The summed E-state index contributed by atoms with van der Waals surface area (Å²) in [6.07, 6.45) is 0.726. The van der Waals surface area contributed by atoms with Crippen molar-refractivity contribution in [1.29, 1.82) is 0 Å². The minimum atomic E-state index is -0.132. The Kier molecular flexibility index (Phi) is 4.80. The molecule has 0 radical (unpaired) electrons. The topological polar surface area (TPSA) is 36.9 Å². The van der Waals surface area contributed by atoms with E-state index in [0.29, 0.717) is 0 Å². The van der Waals surface area contributed by atoms with Crippen LogP contribution in [-0.4, -0.2) is 30.4 Å². The molecule has 4 heteroatoms. The van der Waals surface area contributed by atoms with Gasteiger partial charge in [-0.1, -0.05) is 43.7 Å². The third-order valence-electron chi connectivity index (χ3n) is 3.48. The molecule has 2 rings (SSSR count). The van der Waals surface area contributed by atoms with Gasteiger partial charge >= 0.3 is 0 Å². The average molecular weight is 261 g/mol. The van der Waals surface area contributed by atoms with Crippen molar-refractivity contribution in [2.45, 2.75) is 33.4 Å². The van der Waals surface area contributed by atoms with Crippen molar-refractivity contribution < 1.29 is 4.74 Å². The van der Waals surface area contributed by atoms with Crippen molar-refractivity contribution in [1.82, 2.24) is 10.3 Å². The van der Waals surface area contributed by atoms with E-state index in [1.54, 1.807) is 0 Å². The largest absolute Gasteiger partial charge is 0.450 e. The Balaban J connectivity index is 1.83. The molecular weight excluding hydrogens is 238 g/mol. The van der Waals surface area contributed by atoms with Gasteiger partial charge in [-0.15, -0.1) is 5.10 Å². The summed E-state index contributed by atoms with van der Waals surface area (Å²) in [5, 5.41) is 4.27. The Labute approximate surface area is 115 Å². The van der Waals surface area contributed by atoms with Crippen LogP contribution in [0.25, 0.3) is 0 Å². The van der Waals surface area contributed by atoms with Crippen LogP contribution in [0.1, 0.15) is 37.6 Å². The molecule has 1 aliphatic rings. The summed E-state index contributed by atoms with van der Waals surface area (Å²) in [4.78, 5) is 2.37. The van der Waals surface area contributed by atoms with Gasteiger partial charge in [0.15, 0.2) is 0 Å². The van der Waals surface area contributed by atoms with Gasteiger partial charge in [-0.3, -0.25) is 5.43 Å². The van der Waals surface area contributed by atoms with Crippen molar-refractivity contribution in [2.75, 3.05) is 19.6 Å². The Morgan fingerprint density at radius 2 is 1.89 bits per heavy atom. The zero-order valence-electron chi connectivity index (χ0n) is 12.0. The van der Waals surface area contributed by atoms with Gasteiger partial charge in [0.05, 0.1) is 0 Å². The number of hydrazone groups is 1. The third kappa shape index (κ3) is 3.70. The molecular formula is C15H23N3O. The summed E-state index contributed by atoms with van der Waals surface area (Å²) in [5.41, 5.74) is 5.42. The van der Waals surface area contributed by atoms with Gasteiger partial charge in [-0.2, -0.15) is 0 Å². The lowest BCUT2D eigenvalue weighted by Crippen LogP contribution is -2.25. The Morgan fingerprint density at radius 3 is 2.53 bits per heavy atom. The van der Waals surface area contributed by atoms with Gasteiger partial charge in [-0.25, -0.2) is 0 Å². The third-order valence-corrected chi connectivity index (χ3v) is 3.48. The maximum atomic E-state index is 5.84. The number of ether oxygens (including phenoxy) is 1. The fourth-order valence-electron chi connectivity index (χ4n) is 2.11. The Hall–Kier alpha value is -1.55. The average Bonchev–Trinajstić information content (AvgIpc) is 2.89. The maximum absolute atomic E-state index is 5.84. The van der Waals surface area contributed by atoms with Crippen LogP contribution >= 0.6 is 0 Å². The van der Waals surface area contributed by atoms with E-state index in [1.807, 2.05) is 0 Å². The van der Waals surface area contributed by atoms with Crippen LogP contribution < -0.4 is 5.43 Å². The van der Waals surface area contributed by atoms with Crippen molar-refractivity contribution in [3.05, 3.63) is 35.4 Å². The monoisotopic (exact) mass is 261 g/mol. The number of benzene rings is 1. The summed E-state index contributed by atoms with van der Waals surface area (Å²) in [5.74, 6) is 0.803.